The molecule has 0 fully saturated rings. The molecule has 0 bridgehead atoms. The number of nitrogens with zero attached hydrogens (tertiary/aromatic N) is 2. The third-order valence-electron chi connectivity index (χ3n) is 10.6. The van der Waals surface area contributed by atoms with Crippen LogP contribution in [0.15, 0.2) is 200 Å². The maximum absolute atomic E-state index is 4.30. The van der Waals surface area contributed by atoms with Crippen LogP contribution in [0.2, 0.25) is 0 Å². The molecule has 2 aromatic heterocycles. The van der Waals surface area contributed by atoms with Crippen molar-refractivity contribution in [3.05, 3.63) is 217 Å². The lowest BCUT2D eigenvalue weighted by atomic mass is 9.98. The largest absolute Gasteiger partial charge is 0.312 e. The summed E-state index contributed by atoms with van der Waals surface area (Å²) in [5.41, 5.74) is 16.4. The summed E-state index contributed by atoms with van der Waals surface area (Å²) in [5.74, 6) is 0. The van der Waals surface area contributed by atoms with Crippen LogP contribution in [-0.2, 0) is 6.42 Å². The molecule has 2 heteroatoms. The molecule has 276 valence electrons. The van der Waals surface area contributed by atoms with Crippen molar-refractivity contribution in [1.29, 1.82) is 0 Å². The number of allylic oxidation sites excluding steroid dienone is 8. The first kappa shape index (κ1) is 37.7. The highest BCUT2D eigenvalue weighted by Crippen LogP contribution is 2.41. The lowest BCUT2D eigenvalue weighted by Gasteiger charge is -2.16. The average Bonchev–Trinajstić information content (AvgIpc) is 3.72. The number of aryl methyl sites for hydroxylation is 2. The van der Waals surface area contributed by atoms with Gasteiger partial charge in [0.25, 0.3) is 0 Å². The van der Waals surface area contributed by atoms with Gasteiger partial charge in [0, 0.05) is 45.2 Å². The Balaban J connectivity index is 0.00000237. The van der Waals surface area contributed by atoms with Crippen molar-refractivity contribution in [1.82, 2.24) is 9.13 Å². The predicted molar refractivity (Wildman–Crippen MR) is 244 cm³/mol. The monoisotopic (exact) mass is 726 g/mol. The summed E-state index contributed by atoms with van der Waals surface area (Å²) in [5, 5.41) is 3.73. The van der Waals surface area contributed by atoms with Crippen LogP contribution in [0.5, 0.6) is 0 Å². The smallest absolute Gasteiger partial charge is 0.0612 e. The maximum Gasteiger partial charge on any atom is 0.0612 e. The van der Waals surface area contributed by atoms with Gasteiger partial charge in [-0.1, -0.05) is 161 Å². The Kier molecular flexibility index (Phi) is 11.3. The lowest BCUT2D eigenvalue weighted by molar-refractivity contribution is 0.980. The van der Waals surface area contributed by atoms with E-state index in [0.29, 0.717) is 0 Å². The van der Waals surface area contributed by atoms with Crippen molar-refractivity contribution >= 4 is 32.7 Å². The standard InChI is InChI=1S/C52H44N2.C2H6/c1-6-7-10-19-36(2)37(3)21-17-29-49-39(5)44-26-18-27-45(52(44)54(49)48-28-16-15-20-38(48)4)42-31-33-51-47(35-42)46-34-41(40-22-11-8-12-23-40)30-32-50(46)53(51)43-24-13-9-14-25-43;1-2/h6-28,30-35H,2-3,29H2,1,4-5H3;1-2H3/b7-6-,19-10-,21-17-;. The Bertz CT molecular complexity index is 2780. The van der Waals surface area contributed by atoms with Gasteiger partial charge in [-0.05, 0) is 102 Å². The van der Waals surface area contributed by atoms with E-state index in [4.69, 9.17) is 0 Å². The van der Waals surface area contributed by atoms with E-state index in [1.54, 1.807) is 0 Å². The van der Waals surface area contributed by atoms with E-state index in [1.807, 2.05) is 45.1 Å². The van der Waals surface area contributed by atoms with Crippen LogP contribution in [0.4, 0.5) is 0 Å². The Hall–Kier alpha value is -6.64. The zero-order valence-corrected chi connectivity index (χ0v) is 33.3. The Labute approximate surface area is 332 Å². The van der Waals surface area contributed by atoms with Crippen LogP contribution in [0.25, 0.3) is 66.3 Å². The summed E-state index contributed by atoms with van der Waals surface area (Å²) in [6.45, 7) is 19.0. The van der Waals surface area contributed by atoms with Gasteiger partial charge in [0.1, 0.15) is 0 Å². The van der Waals surface area contributed by atoms with E-state index >= 15 is 0 Å². The Morgan fingerprint density at radius 1 is 0.571 bits per heavy atom. The Morgan fingerprint density at radius 2 is 1.20 bits per heavy atom. The van der Waals surface area contributed by atoms with Gasteiger partial charge in [0.15, 0.2) is 0 Å². The number of hydrogen-bond donors (Lipinski definition) is 0. The van der Waals surface area contributed by atoms with Crippen LogP contribution in [0.1, 0.15) is 37.6 Å². The lowest BCUT2D eigenvalue weighted by Crippen LogP contribution is -2.03. The number of benzene rings is 6. The van der Waals surface area contributed by atoms with E-state index in [2.05, 4.69) is 188 Å². The van der Waals surface area contributed by atoms with Crippen molar-refractivity contribution in [2.24, 2.45) is 0 Å². The third kappa shape index (κ3) is 7.14. The molecule has 0 aliphatic heterocycles. The van der Waals surface area contributed by atoms with E-state index in [1.165, 1.54) is 77.5 Å². The maximum atomic E-state index is 4.30. The van der Waals surface area contributed by atoms with Crippen LogP contribution in [-0.4, -0.2) is 9.13 Å². The molecule has 0 aliphatic carbocycles. The van der Waals surface area contributed by atoms with Crippen LogP contribution in [0, 0.1) is 13.8 Å². The first-order chi connectivity index (χ1) is 27.4. The zero-order chi connectivity index (χ0) is 39.2. The third-order valence-corrected chi connectivity index (χ3v) is 10.6. The number of fused-ring (bicyclic) bond motifs is 4. The minimum atomic E-state index is 0.755. The molecular formula is C54H50N2. The molecule has 0 unspecified atom stereocenters. The SMILES string of the molecule is C=C(/C=C\C=C/C)C(=C)/C=C\Cc1c(C)c2cccc(-c3ccc4c(c3)c3cc(-c5ccccc5)ccc3n4-c3ccccc3)c2n1-c1ccccc1C.CC. The van der Waals surface area contributed by atoms with Crippen LogP contribution < -0.4 is 0 Å². The normalized spacial score (nSPS) is 11.7. The fourth-order valence-corrected chi connectivity index (χ4v) is 7.77. The van der Waals surface area contributed by atoms with E-state index in [-0.39, 0.29) is 0 Å². The van der Waals surface area contributed by atoms with Crippen molar-refractivity contribution in [3.63, 3.8) is 0 Å². The number of aromatic nitrogens is 2. The second-order valence-electron chi connectivity index (χ2n) is 13.9. The molecule has 8 aromatic rings. The fourth-order valence-electron chi connectivity index (χ4n) is 7.77. The minimum absolute atomic E-state index is 0.755. The van der Waals surface area contributed by atoms with Gasteiger partial charge in [-0.3, -0.25) is 0 Å². The summed E-state index contributed by atoms with van der Waals surface area (Å²) in [6, 6.07) is 50.7. The molecule has 0 saturated carbocycles. The summed E-state index contributed by atoms with van der Waals surface area (Å²) in [4.78, 5) is 0. The van der Waals surface area contributed by atoms with Gasteiger partial charge in [0.2, 0.25) is 0 Å². The quantitative estimate of drug-likeness (QED) is 0.124. The molecule has 2 heterocycles. The molecular weight excluding hydrogens is 677 g/mol. The summed E-state index contributed by atoms with van der Waals surface area (Å²) in [7, 11) is 0. The highest BCUT2D eigenvalue weighted by atomic mass is 15.0. The van der Waals surface area contributed by atoms with Crippen LogP contribution in [0.3, 0.4) is 0 Å². The van der Waals surface area contributed by atoms with Crippen LogP contribution >= 0.6 is 0 Å². The first-order valence-corrected chi connectivity index (χ1v) is 19.7. The Morgan fingerprint density at radius 3 is 1.89 bits per heavy atom. The van der Waals surface area contributed by atoms with E-state index in [9.17, 15) is 0 Å². The van der Waals surface area contributed by atoms with Crippen molar-refractivity contribution < 1.29 is 0 Å². The highest BCUT2D eigenvalue weighted by molar-refractivity contribution is 6.12. The molecule has 0 spiro atoms. The van der Waals surface area contributed by atoms with Gasteiger partial charge in [-0.15, -0.1) is 0 Å². The highest BCUT2D eigenvalue weighted by Gasteiger charge is 2.21. The molecule has 2 nitrogen and oxygen atoms in total. The summed E-state index contributed by atoms with van der Waals surface area (Å²) in [6.07, 6.45) is 13.1. The first-order valence-electron chi connectivity index (χ1n) is 19.7. The predicted octanol–water partition coefficient (Wildman–Crippen LogP) is 15.0. The molecule has 0 N–H and O–H groups in total. The number of para-hydroxylation sites is 3. The molecule has 0 radical (unpaired) electrons. The topological polar surface area (TPSA) is 9.86 Å². The molecule has 0 amide bonds. The summed E-state index contributed by atoms with van der Waals surface area (Å²) < 4.78 is 4.89. The molecule has 0 aliphatic rings. The second kappa shape index (κ2) is 16.8. The van der Waals surface area contributed by atoms with Crippen molar-refractivity contribution in [2.45, 2.75) is 41.0 Å². The van der Waals surface area contributed by atoms with Gasteiger partial charge in [-0.25, -0.2) is 0 Å². The molecule has 6 aromatic carbocycles. The minimum Gasteiger partial charge on any atom is -0.312 e. The van der Waals surface area contributed by atoms with Gasteiger partial charge < -0.3 is 9.13 Å². The molecule has 0 atom stereocenters. The van der Waals surface area contributed by atoms with Gasteiger partial charge in [0.05, 0.1) is 16.6 Å². The molecule has 8 rings (SSSR count). The number of rotatable bonds is 10. The van der Waals surface area contributed by atoms with Gasteiger partial charge in [-0.2, -0.15) is 0 Å². The molecule has 56 heavy (non-hydrogen) atoms. The zero-order valence-electron chi connectivity index (χ0n) is 33.3. The van der Waals surface area contributed by atoms with Crippen molar-refractivity contribution in [2.75, 3.05) is 0 Å². The number of hydrogen-bond acceptors (Lipinski definition) is 0. The van der Waals surface area contributed by atoms with Gasteiger partial charge >= 0.3 is 0 Å². The van der Waals surface area contributed by atoms with Crippen molar-refractivity contribution in [3.8, 4) is 33.6 Å². The summed E-state index contributed by atoms with van der Waals surface area (Å²) >= 11 is 0. The van der Waals surface area contributed by atoms with E-state index < -0.39 is 0 Å². The second-order valence-corrected chi connectivity index (χ2v) is 13.9. The van der Waals surface area contributed by atoms with E-state index in [0.717, 1.165) is 23.3 Å². The molecule has 0 saturated heterocycles. The average molecular weight is 727 g/mol. The fraction of sp³-hybridized carbons (Fsp3) is 0.111.